The lowest BCUT2D eigenvalue weighted by molar-refractivity contribution is -0.121. The number of imidazole rings is 1. The van der Waals surface area contributed by atoms with Crippen LogP contribution in [0.15, 0.2) is 73.1 Å². The standard InChI is InChI=1S/C26H24ClN3O/c1-18-12-15-30-17-23(29-24(30)16-18)19-4-10-22(11-5-19)28-25(31)26(13-2-3-14-26)20-6-8-21(27)9-7-20/h4-12,15-17H,2-3,13-14H2,1H3,(H,28,31). The number of nitrogens with one attached hydrogen (secondary N) is 1. The Hall–Kier alpha value is -3.11. The monoisotopic (exact) mass is 429 g/mol. The maximum absolute atomic E-state index is 13.4. The van der Waals surface area contributed by atoms with Crippen LogP contribution in [0.5, 0.6) is 0 Å². The van der Waals surface area contributed by atoms with E-state index in [2.05, 4.69) is 24.4 Å². The number of amides is 1. The summed E-state index contributed by atoms with van der Waals surface area (Å²) in [5.74, 6) is 0.0586. The first-order valence-electron chi connectivity index (χ1n) is 10.7. The molecular formula is C26H24ClN3O. The number of carbonyl (C=O) groups excluding carboxylic acids is 1. The molecule has 0 saturated heterocycles. The Bertz CT molecular complexity index is 1240. The second-order valence-electron chi connectivity index (χ2n) is 8.42. The summed E-state index contributed by atoms with van der Waals surface area (Å²) in [6.45, 7) is 2.06. The van der Waals surface area contributed by atoms with Gasteiger partial charge in [-0.25, -0.2) is 4.98 Å². The lowest BCUT2D eigenvalue weighted by Gasteiger charge is -2.28. The number of carbonyl (C=O) groups is 1. The number of anilines is 1. The molecule has 2 aromatic carbocycles. The van der Waals surface area contributed by atoms with Crippen molar-refractivity contribution in [2.45, 2.75) is 38.0 Å². The molecule has 0 unspecified atom stereocenters. The number of benzene rings is 2. The minimum Gasteiger partial charge on any atom is -0.325 e. The molecule has 5 heteroatoms. The first-order chi connectivity index (χ1) is 15.0. The van der Waals surface area contributed by atoms with Gasteiger partial charge in [0.2, 0.25) is 5.91 Å². The molecule has 1 saturated carbocycles. The number of pyridine rings is 1. The number of hydrogen-bond donors (Lipinski definition) is 1. The summed E-state index contributed by atoms with van der Waals surface area (Å²) >= 11 is 6.06. The van der Waals surface area contributed by atoms with Crippen LogP contribution in [-0.4, -0.2) is 15.3 Å². The van der Waals surface area contributed by atoms with Gasteiger partial charge >= 0.3 is 0 Å². The maximum Gasteiger partial charge on any atom is 0.235 e. The summed E-state index contributed by atoms with van der Waals surface area (Å²) in [7, 11) is 0. The predicted molar refractivity (Wildman–Crippen MR) is 126 cm³/mol. The summed E-state index contributed by atoms with van der Waals surface area (Å²) in [4.78, 5) is 18.1. The van der Waals surface area contributed by atoms with Gasteiger partial charge < -0.3 is 9.72 Å². The van der Waals surface area contributed by atoms with Gasteiger partial charge in [0.1, 0.15) is 5.65 Å². The molecule has 0 radical (unpaired) electrons. The largest absolute Gasteiger partial charge is 0.325 e. The molecule has 156 valence electrons. The van der Waals surface area contributed by atoms with Crippen LogP contribution in [-0.2, 0) is 10.2 Å². The van der Waals surface area contributed by atoms with Crippen molar-refractivity contribution in [3.63, 3.8) is 0 Å². The molecule has 2 heterocycles. The van der Waals surface area contributed by atoms with Gasteiger partial charge in [-0.2, -0.15) is 0 Å². The average molecular weight is 430 g/mol. The van der Waals surface area contributed by atoms with Crippen LogP contribution in [0.2, 0.25) is 5.02 Å². The summed E-state index contributed by atoms with van der Waals surface area (Å²) < 4.78 is 2.02. The highest BCUT2D eigenvalue weighted by Crippen LogP contribution is 2.42. The minimum atomic E-state index is -0.483. The zero-order valence-corrected chi connectivity index (χ0v) is 18.2. The molecule has 2 aromatic heterocycles. The summed E-state index contributed by atoms with van der Waals surface area (Å²) in [6.07, 6.45) is 7.88. The van der Waals surface area contributed by atoms with Crippen molar-refractivity contribution in [2.75, 3.05) is 5.32 Å². The Labute approximate surface area is 186 Å². The topological polar surface area (TPSA) is 46.4 Å². The highest BCUT2D eigenvalue weighted by Gasteiger charge is 2.42. The van der Waals surface area contributed by atoms with E-state index in [1.165, 1.54) is 5.56 Å². The fourth-order valence-corrected chi connectivity index (χ4v) is 4.72. The van der Waals surface area contributed by atoms with Crippen LogP contribution in [0.1, 0.15) is 36.8 Å². The highest BCUT2D eigenvalue weighted by atomic mass is 35.5. The predicted octanol–water partition coefficient (Wildman–Crippen LogP) is 6.41. The smallest absolute Gasteiger partial charge is 0.235 e. The zero-order chi connectivity index (χ0) is 21.4. The number of fused-ring (bicyclic) bond motifs is 1. The minimum absolute atomic E-state index is 0.0586. The Kier molecular flexibility index (Phi) is 5.03. The van der Waals surface area contributed by atoms with Crippen LogP contribution in [0.4, 0.5) is 5.69 Å². The van der Waals surface area contributed by atoms with E-state index >= 15 is 0 Å². The van der Waals surface area contributed by atoms with Crippen molar-refractivity contribution in [3.8, 4) is 11.3 Å². The van der Waals surface area contributed by atoms with E-state index in [-0.39, 0.29) is 5.91 Å². The third kappa shape index (κ3) is 3.72. The molecule has 1 fully saturated rings. The van der Waals surface area contributed by atoms with Crippen LogP contribution >= 0.6 is 11.6 Å². The fraction of sp³-hybridized carbons (Fsp3) is 0.231. The highest BCUT2D eigenvalue weighted by molar-refractivity contribution is 6.30. The zero-order valence-electron chi connectivity index (χ0n) is 17.4. The van der Waals surface area contributed by atoms with Crippen molar-refractivity contribution >= 4 is 28.8 Å². The molecule has 0 atom stereocenters. The number of nitrogens with zero attached hydrogens (tertiary/aromatic N) is 2. The molecule has 0 spiro atoms. The van der Waals surface area contributed by atoms with E-state index in [0.717, 1.165) is 53.8 Å². The average Bonchev–Trinajstić information content (AvgIpc) is 3.42. The van der Waals surface area contributed by atoms with E-state index < -0.39 is 5.41 Å². The second-order valence-corrected chi connectivity index (χ2v) is 8.86. The van der Waals surface area contributed by atoms with E-state index in [1.807, 2.05) is 65.3 Å². The van der Waals surface area contributed by atoms with Gasteiger partial charge in [-0.05, 0) is 67.3 Å². The summed E-state index contributed by atoms with van der Waals surface area (Å²) in [5.41, 5.74) is 5.41. The number of rotatable bonds is 4. The van der Waals surface area contributed by atoms with Gasteiger partial charge in [0.05, 0.1) is 11.1 Å². The molecule has 0 aliphatic heterocycles. The molecule has 4 nitrogen and oxygen atoms in total. The number of aryl methyl sites for hydroxylation is 1. The van der Waals surface area contributed by atoms with E-state index in [9.17, 15) is 4.79 Å². The van der Waals surface area contributed by atoms with Crippen molar-refractivity contribution in [3.05, 3.63) is 89.2 Å². The first-order valence-corrected chi connectivity index (χ1v) is 11.0. The maximum atomic E-state index is 13.4. The fourth-order valence-electron chi connectivity index (χ4n) is 4.59. The number of aromatic nitrogens is 2. The van der Waals surface area contributed by atoms with Gasteiger partial charge in [0, 0.05) is 28.7 Å². The molecule has 1 N–H and O–H groups in total. The quantitative estimate of drug-likeness (QED) is 0.407. The third-order valence-electron chi connectivity index (χ3n) is 6.34. The van der Waals surface area contributed by atoms with Gasteiger partial charge in [-0.15, -0.1) is 0 Å². The molecule has 1 aliphatic rings. The van der Waals surface area contributed by atoms with Gasteiger partial charge in [-0.1, -0.05) is 48.7 Å². The number of hydrogen-bond acceptors (Lipinski definition) is 2. The molecule has 31 heavy (non-hydrogen) atoms. The Morgan fingerprint density at radius 1 is 1.03 bits per heavy atom. The van der Waals surface area contributed by atoms with E-state index in [4.69, 9.17) is 16.6 Å². The third-order valence-corrected chi connectivity index (χ3v) is 6.59. The molecular weight excluding hydrogens is 406 g/mol. The number of halogens is 1. The molecule has 5 rings (SSSR count). The van der Waals surface area contributed by atoms with Crippen molar-refractivity contribution in [2.24, 2.45) is 0 Å². The lowest BCUT2D eigenvalue weighted by atomic mass is 9.78. The molecule has 1 aliphatic carbocycles. The van der Waals surface area contributed by atoms with Crippen molar-refractivity contribution in [1.82, 2.24) is 9.38 Å². The van der Waals surface area contributed by atoms with Gasteiger partial charge in [-0.3, -0.25) is 4.79 Å². The molecule has 0 bridgehead atoms. The molecule has 1 amide bonds. The lowest BCUT2D eigenvalue weighted by Crippen LogP contribution is -2.37. The Morgan fingerprint density at radius 2 is 1.74 bits per heavy atom. The van der Waals surface area contributed by atoms with Crippen molar-refractivity contribution in [1.29, 1.82) is 0 Å². The Morgan fingerprint density at radius 3 is 2.45 bits per heavy atom. The normalized spacial score (nSPS) is 15.3. The Balaban J connectivity index is 1.38. The van der Waals surface area contributed by atoms with Gasteiger partial charge in [0.25, 0.3) is 0 Å². The van der Waals surface area contributed by atoms with Crippen LogP contribution in [0.25, 0.3) is 16.9 Å². The SMILES string of the molecule is Cc1ccn2cc(-c3ccc(NC(=O)C4(c5ccc(Cl)cc5)CCCC4)cc3)nc2c1. The summed E-state index contributed by atoms with van der Waals surface area (Å²) in [5, 5.41) is 3.84. The van der Waals surface area contributed by atoms with E-state index in [1.54, 1.807) is 0 Å². The van der Waals surface area contributed by atoms with Crippen LogP contribution in [0, 0.1) is 6.92 Å². The van der Waals surface area contributed by atoms with Gasteiger partial charge in [0.15, 0.2) is 0 Å². The second kappa shape index (κ2) is 7.86. The molecule has 4 aromatic rings. The summed E-state index contributed by atoms with van der Waals surface area (Å²) in [6, 6.07) is 19.8. The first kappa shape index (κ1) is 19.8. The van der Waals surface area contributed by atoms with Crippen LogP contribution in [0.3, 0.4) is 0 Å². The van der Waals surface area contributed by atoms with Crippen molar-refractivity contribution < 1.29 is 4.79 Å². The van der Waals surface area contributed by atoms with E-state index in [0.29, 0.717) is 5.02 Å². The van der Waals surface area contributed by atoms with Crippen LogP contribution < -0.4 is 5.32 Å².